The van der Waals surface area contributed by atoms with Crippen LogP contribution < -0.4 is 14.2 Å². The van der Waals surface area contributed by atoms with Crippen molar-refractivity contribution in [3.8, 4) is 11.5 Å². The lowest BCUT2D eigenvalue weighted by molar-refractivity contribution is 0.171. The molecule has 0 fully saturated rings. The van der Waals surface area contributed by atoms with Gasteiger partial charge in [-0.25, -0.2) is 21.9 Å². The number of ether oxygens (including phenoxy) is 2. The van der Waals surface area contributed by atoms with Gasteiger partial charge >= 0.3 is 0 Å². The van der Waals surface area contributed by atoms with Gasteiger partial charge in [0.2, 0.25) is 10.0 Å². The number of nitrogens with one attached hydrogen (secondary N) is 1. The topological polar surface area (TPSA) is 64.6 Å². The Labute approximate surface area is 138 Å². The molecular weight excluding hydrogens is 340 g/mol. The molecule has 2 aromatic rings. The van der Waals surface area contributed by atoms with E-state index in [1.807, 2.05) is 0 Å². The molecule has 1 unspecified atom stereocenters. The predicted octanol–water partition coefficient (Wildman–Crippen LogP) is 2.78. The van der Waals surface area contributed by atoms with E-state index in [-0.39, 0.29) is 0 Å². The second-order valence-electron chi connectivity index (χ2n) is 5.32. The summed E-state index contributed by atoms with van der Waals surface area (Å²) in [6.45, 7) is 2.49. The van der Waals surface area contributed by atoms with Gasteiger partial charge in [-0.05, 0) is 36.8 Å². The molecule has 8 heteroatoms. The van der Waals surface area contributed by atoms with Crippen molar-refractivity contribution in [3.05, 3.63) is 53.6 Å². The summed E-state index contributed by atoms with van der Waals surface area (Å²) in [7, 11) is -4.14. The Hall–Kier alpha value is -2.19. The van der Waals surface area contributed by atoms with Crippen LogP contribution in [0, 0.1) is 11.6 Å². The zero-order chi connectivity index (χ0) is 17.3. The van der Waals surface area contributed by atoms with Crippen molar-refractivity contribution in [1.82, 2.24) is 4.72 Å². The average Bonchev–Trinajstić information content (AvgIpc) is 2.53. The lowest BCUT2D eigenvalue weighted by atomic mass is 10.1. The number of halogens is 2. The van der Waals surface area contributed by atoms with Gasteiger partial charge in [-0.3, -0.25) is 0 Å². The van der Waals surface area contributed by atoms with E-state index >= 15 is 0 Å². The lowest BCUT2D eigenvalue weighted by Gasteiger charge is -2.21. The van der Waals surface area contributed by atoms with Gasteiger partial charge in [-0.15, -0.1) is 0 Å². The maximum absolute atomic E-state index is 13.7. The van der Waals surface area contributed by atoms with Crippen LogP contribution in [0.3, 0.4) is 0 Å². The highest BCUT2D eigenvalue weighted by Crippen LogP contribution is 2.33. The summed E-state index contributed by atoms with van der Waals surface area (Å²) in [6.07, 6.45) is 0. The third kappa shape index (κ3) is 3.34. The minimum Gasteiger partial charge on any atom is -0.486 e. The van der Waals surface area contributed by atoms with Crippen LogP contribution in [0.5, 0.6) is 11.5 Å². The van der Waals surface area contributed by atoms with Gasteiger partial charge in [0.25, 0.3) is 0 Å². The van der Waals surface area contributed by atoms with Crippen molar-refractivity contribution in [1.29, 1.82) is 0 Å². The maximum Gasteiger partial charge on any atom is 0.244 e. The van der Waals surface area contributed by atoms with Crippen molar-refractivity contribution in [2.45, 2.75) is 17.9 Å². The Bertz CT molecular complexity index is 870. The molecule has 0 radical (unpaired) electrons. The van der Waals surface area contributed by atoms with Crippen LogP contribution >= 0.6 is 0 Å². The molecule has 1 atom stereocenters. The third-order valence-electron chi connectivity index (χ3n) is 3.58. The van der Waals surface area contributed by atoms with Gasteiger partial charge in [0, 0.05) is 12.1 Å². The minimum absolute atomic E-state index is 0.414. The summed E-state index contributed by atoms with van der Waals surface area (Å²) in [5.74, 6) is -0.870. The van der Waals surface area contributed by atoms with Crippen LogP contribution in [0.2, 0.25) is 0 Å². The molecule has 0 bridgehead atoms. The number of rotatable bonds is 4. The van der Waals surface area contributed by atoms with Crippen LogP contribution in [-0.4, -0.2) is 21.6 Å². The first-order chi connectivity index (χ1) is 11.4. The summed E-state index contributed by atoms with van der Waals surface area (Å²) in [6, 6.07) is 6.73. The highest BCUT2D eigenvalue weighted by molar-refractivity contribution is 7.89. The average molecular weight is 355 g/mol. The fraction of sp³-hybridized carbons (Fsp3) is 0.250. The standard InChI is InChI=1S/C16H15F2NO4S/c1-10(11-2-4-14-15(8-11)23-7-6-22-14)19-24(20,21)16-5-3-12(17)9-13(16)18/h2-5,8-10,19H,6-7H2,1H3. The monoisotopic (exact) mass is 355 g/mol. The molecule has 0 aromatic heterocycles. The molecule has 0 aliphatic carbocycles. The first-order valence-corrected chi connectivity index (χ1v) is 8.72. The second kappa shape index (κ2) is 6.37. The van der Waals surface area contributed by atoms with Crippen LogP contribution in [0.4, 0.5) is 8.78 Å². The van der Waals surface area contributed by atoms with Crippen LogP contribution in [0.25, 0.3) is 0 Å². The SMILES string of the molecule is CC(NS(=O)(=O)c1ccc(F)cc1F)c1ccc2c(c1)OCCO2. The summed E-state index contributed by atoms with van der Waals surface area (Å²) in [5.41, 5.74) is 0.630. The van der Waals surface area contributed by atoms with E-state index in [0.29, 0.717) is 36.3 Å². The molecule has 0 saturated carbocycles. The fourth-order valence-electron chi connectivity index (χ4n) is 2.39. The van der Waals surface area contributed by atoms with E-state index < -0.39 is 32.6 Å². The quantitative estimate of drug-likeness (QED) is 0.916. The van der Waals surface area contributed by atoms with Gasteiger partial charge in [0.15, 0.2) is 11.5 Å². The number of hydrogen-bond donors (Lipinski definition) is 1. The van der Waals surface area contributed by atoms with Gasteiger partial charge in [-0.2, -0.15) is 0 Å². The molecule has 0 amide bonds. The molecule has 2 aromatic carbocycles. The molecule has 1 heterocycles. The molecule has 0 saturated heterocycles. The number of hydrogen-bond acceptors (Lipinski definition) is 4. The minimum atomic E-state index is -4.14. The lowest BCUT2D eigenvalue weighted by Crippen LogP contribution is -2.28. The molecular formula is C16H15F2NO4S. The van der Waals surface area contributed by atoms with E-state index in [9.17, 15) is 17.2 Å². The second-order valence-corrected chi connectivity index (χ2v) is 7.00. The molecule has 0 spiro atoms. The Morgan fingerprint density at radius 3 is 2.46 bits per heavy atom. The van der Waals surface area contributed by atoms with E-state index in [4.69, 9.17) is 9.47 Å². The Balaban J connectivity index is 1.84. The smallest absolute Gasteiger partial charge is 0.244 e. The zero-order valence-corrected chi connectivity index (χ0v) is 13.6. The van der Waals surface area contributed by atoms with Gasteiger partial charge in [0.05, 0.1) is 0 Å². The summed E-state index contributed by atoms with van der Waals surface area (Å²) in [4.78, 5) is -0.603. The first-order valence-electron chi connectivity index (χ1n) is 7.24. The highest BCUT2D eigenvalue weighted by atomic mass is 32.2. The normalized spacial score (nSPS) is 15.1. The molecule has 24 heavy (non-hydrogen) atoms. The summed E-state index contributed by atoms with van der Waals surface area (Å²) >= 11 is 0. The van der Waals surface area contributed by atoms with E-state index in [1.165, 1.54) is 0 Å². The predicted molar refractivity (Wildman–Crippen MR) is 82.5 cm³/mol. The van der Waals surface area contributed by atoms with Gasteiger partial charge in [-0.1, -0.05) is 6.07 Å². The first kappa shape index (κ1) is 16.7. The fourth-order valence-corrected chi connectivity index (χ4v) is 3.68. The van der Waals surface area contributed by atoms with E-state index in [1.54, 1.807) is 25.1 Å². The number of sulfonamides is 1. The Morgan fingerprint density at radius 1 is 1.04 bits per heavy atom. The zero-order valence-electron chi connectivity index (χ0n) is 12.8. The van der Waals surface area contributed by atoms with Crippen LogP contribution in [-0.2, 0) is 10.0 Å². The van der Waals surface area contributed by atoms with Crippen molar-refractivity contribution in [2.24, 2.45) is 0 Å². The van der Waals surface area contributed by atoms with E-state index in [2.05, 4.69) is 4.72 Å². The molecule has 1 N–H and O–H groups in total. The van der Waals surface area contributed by atoms with Crippen molar-refractivity contribution in [3.63, 3.8) is 0 Å². The summed E-state index contributed by atoms with van der Waals surface area (Å²) < 4.78 is 64.5. The Morgan fingerprint density at radius 2 is 1.75 bits per heavy atom. The number of benzene rings is 2. The molecule has 3 rings (SSSR count). The number of fused-ring (bicyclic) bond motifs is 1. The summed E-state index contributed by atoms with van der Waals surface area (Å²) in [5, 5.41) is 0. The molecule has 128 valence electrons. The molecule has 1 aliphatic heterocycles. The van der Waals surface area contributed by atoms with Crippen molar-refractivity contribution >= 4 is 10.0 Å². The Kier molecular flexibility index (Phi) is 4.42. The molecule has 1 aliphatic rings. The van der Waals surface area contributed by atoms with E-state index in [0.717, 1.165) is 12.1 Å². The highest BCUT2D eigenvalue weighted by Gasteiger charge is 2.23. The largest absolute Gasteiger partial charge is 0.486 e. The van der Waals surface area contributed by atoms with Gasteiger partial charge in [0.1, 0.15) is 29.7 Å². The van der Waals surface area contributed by atoms with Crippen LogP contribution in [0.15, 0.2) is 41.3 Å². The van der Waals surface area contributed by atoms with Gasteiger partial charge < -0.3 is 9.47 Å². The van der Waals surface area contributed by atoms with Crippen molar-refractivity contribution in [2.75, 3.05) is 13.2 Å². The van der Waals surface area contributed by atoms with Crippen molar-refractivity contribution < 1.29 is 26.7 Å². The maximum atomic E-state index is 13.7. The third-order valence-corrected chi connectivity index (χ3v) is 5.16. The molecule has 5 nitrogen and oxygen atoms in total. The van der Waals surface area contributed by atoms with Crippen LogP contribution in [0.1, 0.15) is 18.5 Å².